The summed E-state index contributed by atoms with van der Waals surface area (Å²) in [7, 11) is 0. The van der Waals surface area contributed by atoms with Gasteiger partial charge in [0.1, 0.15) is 0 Å². The van der Waals surface area contributed by atoms with E-state index >= 15 is 0 Å². The Balaban J connectivity index is 1.66. The number of ketones is 1. The lowest BCUT2D eigenvalue weighted by Crippen LogP contribution is -2.41. The molecule has 0 aliphatic rings. The molecule has 2 amide bonds. The van der Waals surface area contributed by atoms with Crippen LogP contribution in [-0.2, 0) is 14.3 Å². The third-order valence-electron chi connectivity index (χ3n) is 3.81. The van der Waals surface area contributed by atoms with Crippen molar-refractivity contribution in [1.29, 1.82) is 0 Å². The van der Waals surface area contributed by atoms with Crippen LogP contribution in [0, 0.1) is 0 Å². The maximum absolute atomic E-state index is 12.0. The minimum absolute atomic E-state index is 0.0329. The van der Waals surface area contributed by atoms with Crippen LogP contribution >= 0.6 is 34.8 Å². The predicted octanol–water partition coefficient (Wildman–Crippen LogP) is 4.00. The van der Waals surface area contributed by atoms with Gasteiger partial charge in [0.15, 0.2) is 6.61 Å². The molecule has 0 atom stereocenters. The molecule has 0 heterocycles. The van der Waals surface area contributed by atoms with E-state index < -0.39 is 30.2 Å². The average molecular weight is 472 g/mol. The van der Waals surface area contributed by atoms with Crippen LogP contribution in [0.5, 0.6) is 0 Å². The number of halogens is 3. The zero-order valence-corrected chi connectivity index (χ0v) is 17.8. The predicted molar refractivity (Wildman–Crippen MR) is 113 cm³/mol. The van der Waals surface area contributed by atoms with Crippen molar-refractivity contribution < 1.29 is 23.9 Å². The number of amides is 2. The van der Waals surface area contributed by atoms with Crippen LogP contribution < -0.4 is 10.9 Å². The Kier molecular flexibility index (Phi) is 9.11. The lowest BCUT2D eigenvalue weighted by molar-refractivity contribution is -0.142. The number of carbonyl (C=O) groups is 4. The summed E-state index contributed by atoms with van der Waals surface area (Å²) in [5.74, 6) is -2.16. The Hall–Kier alpha value is -2.61. The summed E-state index contributed by atoms with van der Waals surface area (Å²) in [6.45, 7) is -0.472. The van der Waals surface area contributed by atoms with Gasteiger partial charge in [0.2, 0.25) is 11.7 Å². The zero-order chi connectivity index (χ0) is 22.1. The van der Waals surface area contributed by atoms with Crippen molar-refractivity contribution >= 4 is 58.4 Å². The van der Waals surface area contributed by atoms with Gasteiger partial charge in [0, 0.05) is 23.4 Å². The highest BCUT2D eigenvalue weighted by Gasteiger charge is 2.14. The lowest BCUT2D eigenvalue weighted by Gasteiger charge is -2.08. The molecule has 158 valence electrons. The van der Waals surface area contributed by atoms with E-state index in [-0.39, 0.29) is 40.4 Å². The van der Waals surface area contributed by atoms with E-state index in [9.17, 15) is 19.2 Å². The molecular weight excluding hydrogens is 455 g/mol. The zero-order valence-electron chi connectivity index (χ0n) is 15.5. The Labute approximate surface area is 187 Å². The highest BCUT2D eigenvalue weighted by Crippen LogP contribution is 2.21. The van der Waals surface area contributed by atoms with E-state index in [2.05, 4.69) is 10.9 Å². The smallest absolute Gasteiger partial charge is 0.306 e. The number of hydrogen-bond donors (Lipinski definition) is 2. The van der Waals surface area contributed by atoms with Gasteiger partial charge in [-0.05, 0) is 36.8 Å². The van der Waals surface area contributed by atoms with Crippen LogP contribution in [0.4, 0.5) is 0 Å². The van der Waals surface area contributed by atoms with Crippen molar-refractivity contribution in [2.45, 2.75) is 19.3 Å². The van der Waals surface area contributed by atoms with Crippen LogP contribution in [0.15, 0.2) is 42.5 Å². The molecule has 0 bridgehead atoms. The number of Topliss-reactive ketones (excluding diaryl/α,β-unsaturated/α-hetero) is 1. The van der Waals surface area contributed by atoms with Crippen molar-refractivity contribution in [2.24, 2.45) is 0 Å². The van der Waals surface area contributed by atoms with Crippen LogP contribution in [0.1, 0.15) is 40.0 Å². The number of rotatable bonds is 8. The van der Waals surface area contributed by atoms with Gasteiger partial charge in [0.25, 0.3) is 5.91 Å². The highest BCUT2D eigenvalue weighted by molar-refractivity contribution is 6.37. The van der Waals surface area contributed by atoms with Gasteiger partial charge in [-0.25, -0.2) is 0 Å². The summed E-state index contributed by atoms with van der Waals surface area (Å²) in [5, 5.41) is 0.801. The fourth-order valence-electron chi connectivity index (χ4n) is 2.31. The van der Waals surface area contributed by atoms with Gasteiger partial charge in [-0.15, -0.1) is 0 Å². The average Bonchev–Trinajstić information content (AvgIpc) is 2.70. The highest BCUT2D eigenvalue weighted by atomic mass is 35.5. The molecule has 7 nitrogen and oxygen atoms in total. The second-order valence-electron chi connectivity index (χ2n) is 6.04. The number of nitrogens with one attached hydrogen (secondary N) is 2. The number of benzene rings is 2. The largest absolute Gasteiger partial charge is 0.457 e. The molecule has 0 radical (unpaired) electrons. The van der Waals surface area contributed by atoms with Crippen LogP contribution in [0.25, 0.3) is 0 Å². The maximum Gasteiger partial charge on any atom is 0.306 e. The molecule has 0 unspecified atom stereocenters. The third kappa shape index (κ3) is 7.33. The van der Waals surface area contributed by atoms with E-state index in [1.165, 1.54) is 24.3 Å². The second kappa shape index (κ2) is 11.5. The Morgan fingerprint density at radius 3 is 2.27 bits per heavy atom. The van der Waals surface area contributed by atoms with Crippen LogP contribution in [0.3, 0.4) is 0 Å². The van der Waals surface area contributed by atoms with Crippen molar-refractivity contribution in [2.75, 3.05) is 6.61 Å². The quantitative estimate of drug-likeness (QED) is 0.344. The number of esters is 1. The fourth-order valence-corrected chi connectivity index (χ4v) is 3.04. The first-order valence-electron chi connectivity index (χ1n) is 8.75. The van der Waals surface area contributed by atoms with Gasteiger partial charge in [-0.3, -0.25) is 30.0 Å². The molecule has 0 aromatic heterocycles. The molecule has 2 aromatic rings. The van der Waals surface area contributed by atoms with Crippen molar-refractivity contribution in [3.8, 4) is 0 Å². The summed E-state index contributed by atoms with van der Waals surface area (Å²) in [4.78, 5) is 47.5. The van der Waals surface area contributed by atoms with Gasteiger partial charge in [-0.1, -0.05) is 46.9 Å². The first kappa shape index (κ1) is 23.7. The number of carbonyl (C=O) groups excluding carboxylic acids is 4. The minimum Gasteiger partial charge on any atom is -0.457 e. The van der Waals surface area contributed by atoms with Crippen LogP contribution in [-0.4, -0.2) is 30.2 Å². The Morgan fingerprint density at radius 1 is 0.833 bits per heavy atom. The van der Waals surface area contributed by atoms with E-state index in [0.717, 1.165) is 0 Å². The van der Waals surface area contributed by atoms with Crippen molar-refractivity contribution in [3.63, 3.8) is 0 Å². The summed E-state index contributed by atoms with van der Waals surface area (Å²) in [5.41, 5.74) is 4.89. The first-order valence-corrected chi connectivity index (χ1v) is 9.89. The van der Waals surface area contributed by atoms with E-state index in [1.807, 2.05) is 0 Å². The van der Waals surface area contributed by atoms with Crippen molar-refractivity contribution in [3.05, 3.63) is 68.7 Å². The lowest BCUT2D eigenvalue weighted by atomic mass is 10.1. The Bertz CT molecular complexity index is 965. The molecule has 2 aromatic carbocycles. The van der Waals surface area contributed by atoms with Gasteiger partial charge in [0.05, 0.1) is 15.6 Å². The molecule has 10 heteroatoms. The van der Waals surface area contributed by atoms with Gasteiger partial charge < -0.3 is 4.74 Å². The molecule has 0 fully saturated rings. The number of hydrogen-bond acceptors (Lipinski definition) is 5. The number of hydrazine groups is 1. The summed E-state index contributed by atoms with van der Waals surface area (Å²) in [6, 6.07) is 10.7. The van der Waals surface area contributed by atoms with E-state index in [4.69, 9.17) is 39.5 Å². The molecule has 0 spiro atoms. The molecule has 2 N–H and O–H groups in total. The van der Waals surface area contributed by atoms with E-state index in [0.29, 0.717) is 5.02 Å². The molecule has 0 saturated carbocycles. The van der Waals surface area contributed by atoms with Crippen molar-refractivity contribution in [1.82, 2.24) is 10.9 Å². The monoisotopic (exact) mass is 470 g/mol. The normalized spacial score (nSPS) is 10.2. The molecule has 2 rings (SSSR count). The first-order chi connectivity index (χ1) is 14.3. The maximum atomic E-state index is 12.0. The summed E-state index contributed by atoms with van der Waals surface area (Å²) >= 11 is 17.6. The van der Waals surface area contributed by atoms with Crippen LogP contribution in [0.2, 0.25) is 15.1 Å². The topological polar surface area (TPSA) is 102 Å². The summed E-state index contributed by atoms with van der Waals surface area (Å²) < 4.78 is 4.90. The third-order valence-corrected chi connectivity index (χ3v) is 4.69. The standard InChI is InChI=1S/C20H17Cl3N2O5/c21-12-8-9-13(16(23)10-12)17(26)11-30-19(28)7-3-6-18(27)24-25-20(29)14-4-1-2-5-15(14)22/h1-2,4-5,8-10H,3,6-7,11H2,(H,24,27)(H,25,29). The fraction of sp³-hybridized carbons (Fsp3) is 0.200. The SMILES string of the molecule is O=C(CCCC(=O)OCC(=O)c1ccc(Cl)cc1Cl)NNC(=O)c1ccccc1Cl. The molecule has 30 heavy (non-hydrogen) atoms. The Morgan fingerprint density at radius 2 is 1.57 bits per heavy atom. The minimum atomic E-state index is -0.638. The summed E-state index contributed by atoms with van der Waals surface area (Å²) in [6.07, 6.45) is 0.0604. The molecule has 0 aliphatic heterocycles. The molecule has 0 aliphatic carbocycles. The molecular formula is C20H17Cl3N2O5. The van der Waals surface area contributed by atoms with Gasteiger partial charge in [-0.2, -0.15) is 0 Å². The number of ether oxygens (including phenoxy) is 1. The second-order valence-corrected chi connectivity index (χ2v) is 7.29. The molecule has 0 saturated heterocycles. The van der Waals surface area contributed by atoms with E-state index in [1.54, 1.807) is 18.2 Å². The van der Waals surface area contributed by atoms with Gasteiger partial charge >= 0.3 is 5.97 Å².